The van der Waals surface area contributed by atoms with Gasteiger partial charge in [-0.05, 0) is 52.4 Å². The molecular formula is C17H30N4. The van der Waals surface area contributed by atoms with Crippen LogP contribution in [0.4, 0.5) is 11.6 Å². The molecule has 21 heavy (non-hydrogen) atoms. The molecule has 1 aliphatic rings. The van der Waals surface area contributed by atoms with E-state index in [-0.39, 0.29) is 0 Å². The van der Waals surface area contributed by atoms with E-state index in [0.717, 1.165) is 29.9 Å². The summed E-state index contributed by atoms with van der Waals surface area (Å²) in [6.45, 7) is 9.41. The molecule has 0 atom stereocenters. The fourth-order valence-corrected chi connectivity index (χ4v) is 3.41. The van der Waals surface area contributed by atoms with E-state index in [1.54, 1.807) is 0 Å². The van der Waals surface area contributed by atoms with Crippen molar-refractivity contribution in [3.8, 4) is 0 Å². The fourth-order valence-electron chi connectivity index (χ4n) is 3.41. The SMILES string of the molecule is CCNc1nc(C)nc(N(C)C2CCC(CC)CC2)c1C. The van der Waals surface area contributed by atoms with Crippen molar-refractivity contribution >= 4 is 11.6 Å². The quantitative estimate of drug-likeness (QED) is 0.892. The van der Waals surface area contributed by atoms with Crippen molar-refractivity contribution in [2.75, 3.05) is 23.8 Å². The van der Waals surface area contributed by atoms with Crippen LogP contribution < -0.4 is 10.2 Å². The molecule has 1 aliphatic carbocycles. The Morgan fingerprint density at radius 2 is 1.76 bits per heavy atom. The molecule has 0 saturated heterocycles. The molecule has 4 nitrogen and oxygen atoms in total. The zero-order valence-corrected chi connectivity index (χ0v) is 14.2. The molecule has 0 amide bonds. The highest BCUT2D eigenvalue weighted by Gasteiger charge is 2.25. The number of rotatable bonds is 5. The Morgan fingerprint density at radius 3 is 2.33 bits per heavy atom. The van der Waals surface area contributed by atoms with Gasteiger partial charge in [-0.1, -0.05) is 13.3 Å². The minimum Gasteiger partial charge on any atom is -0.370 e. The lowest BCUT2D eigenvalue weighted by Crippen LogP contribution is -2.36. The molecule has 1 saturated carbocycles. The molecule has 0 bridgehead atoms. The van der Waals surface area contributed by atoms with Crippen molar-refractivity contribution in [3.05, 3.63) is 11.4 Å². The van der Waals surface area contributed by atoms with Crippen molar-refractivity contribution in [1.82, 2.24) is 9.97 Å². The number of hydrogen-bond acceptors (Lipinski definition) is 4. The smallest absolute Gasteiger partial charge is 0.137 e. The van der Waals surface area contributed by atoms with Gasteiger partial charge in [0.05, 0.1) is 0 Å². The molecule has 2 rings (SSSR count). The van der Waals surface area contributed by atoms with Gasteiger partial charge >= 0.3 is 0 Å². The summed E-state index contributed by atoms with van der Waals surface area (Å²) in [5.74, 6) is 3.85. The van der Waals surface area contributed by atoms with Crippen LogP contribution in [0, 0.1) is 19.8 Å². The fraction of sp³-hybridized carbons (Fsp3) is 0.765. The van der Waals surface area contributed by atoms with Crippen LogP contribution in [-0.4, -0.2) is 29.6 Å². The topological polar surface area (TPSA) is 41.1 Å². The van der Waals surface area contributed by atoms with Crippen LogP contribution in [0.5, 0.6) is 0 Å². The molecule has 1 aromatic rings. The average molecular weight is 290 g/mol. The highest BCUT2D eigenvalue weighted by molar-refractivity contribution is 5.58. The minimum absolute atomic E-state index is 0.621. The van der Waals surface area contributed by atoms with Gasteiger partial charge in [-0.25, -0.2) is 9.97 Å². The predicted molar refractivity (Wildman–Crippen MR) is 90.1 cm³/mol. The van der Waals surface area contributed by atoms with Crippen molar-refractivity contribution in [3.63, 3.8) is 0 Å². The standard InChI is InChI=1S/C17H30N4/c1-6-14-8-10-15(11-9-14)21(5)17-12(3)16(18-7-2)19-13(4)20-17/h14-15H,6-11H2,1-5H3,(H,18,19,20). The average Bonchev–Trinajstić information content (AvgIpc) is 2.50. The first-order chi connectivity index (χ1) is 10.1. The number of aryl methyl sites for hydroxylation is 1. The van der Waals surface area contributed by atoms with Crippen LogP contribution in [0.2, 0.25) is 0 Å². The summed E-state index contributed by atoms with van der Waals surface area (Å²) in [5, 5.41) is 3.35. The van der Waals surface area contributed by atoms with Crippen LogP contribution in [0.1, 0.15) is 57.3 Å². The third kappa shape index (κ3) is 3.66. The van der Waals surface area contributed by atoms with Crippen molar-refractivity contribution in [2.24, 2.45) is 5.92 Å². The Bertz CT molecular complexity index is 464. The highest BCUT2D eigenvalue weighted by atomic mass is 15.2. The van der Waals surface area contributed by atoms with E-state index in [9.17, 15) is 0 Å². The van der Waals surface area contributed by atoms with Crippen LogP contribution in [0.3, 0.4) is 0 Å². The van der Waals surface area contributed by atoms with Crippen LogP contribution in [0.25, 0.3) is 0 Å². The molecule has 0 spiro atoms. The normalized spacial score (nSPS) is 22.1. The van der Waals surface area contributed by atoms with Crippen LogP contribution in [-0.2, 0) is 0 Å². The zero-order chi connectivity index (χ0) is 15.4. The molecule has 1 fully saturated rings. The van der Waals surface area contributed by atoms with Gasteiger partial charge in [0.25, 0.3) is 0 Å². The van der Waals surface area contributed by atoms with E-state index >= 15 is 0 Å². The summed E-state index contributed by atoms with van der Waals surface area (Å²) < 4.78 is 0. The molecule has 118 valence electrons. The van der Waals surface area contributed by atoms with Crippen LogP contribution >= 0.6 is 0 Å². The largest absolute Gasteiger partial charge is 0.370 e. The minimum atomic E-state index is 0.621. The molecular weight excluding hydrogens is 260 g/mol. The summed E-state index contributed by atoms with van der Waals surface area (Å²) in [4.78, 5) is 11.6. The highest BCUT2D eigenvalue weighted by Crippen LogP contribution is 2.32. The molecule has 1 heterocycles. The first-order valence-corrected chi connectivity index (χ1v) is 8.38. The Balaban J connectivity index is 2.17. The summed E-state index contributed by atoms with van der Waals surface area (Å²) in [7, 11) is 2.20. The number of hydrogen-bond donors (Lipinski definition) is 1. The number of nitrogens with one attached hydrogen (secondary N) is 1. The Labute approximate surface area is 129 Å². The molecule has 1 aromatic heterocycles. The Kier molecular flexibility index (Phi) is 5.43. The summed E-state index contributed by atoms with van der Waals surface area (Å²) >= 11 is 0. The van der Waals surface area contributed by atoms with Crippen LogP contribution in [0.15, 0.2) is 0 Å². The lowest BCUT2D eigenvalue weighted by Gasteiger charge is -2.36. The zero-order valence-electron chi connectivity index (χ0n) is 14.2. The first kappa shape index (κ1) is 16.1. The molecule has 0 radical (unpaired) electrons. The van der Waals surface area contributed by atoms with Gasteiger partial charge in [-0.15, -0.1) is 0 Å². The maximum atomic E-state index is 4.70. The Morgan fingerprint density at radius 1 is 1.10 bits per heavy atom. The van der Waals surface area contributed by atoms with Gasteiger partial charge in [-0.3, -0.25) is 0 Å². The van der Waals surface area contributed by atoms with Gasteiger partial charge in [0.1, 0.15) is 17.5 Å². The monoisotopic (exact) mass is 290 g/mol. The third-order valence-electron chi connectivity index (χ3n) is 4.85. The molecule has 1 N–H and O–H groups in total. The van der Waals surface area contributed by atoms with E-state index in [2.05, 4.69) is 43.0 Å². The van der Waals surface area contributed by atoms with Crippen molar-refractivity contribution < 1.29 is 0 Å². The Hall–Kier alpha value is -1.32. The van der Waals surface area contributed by atoms with Gasteiger partial charge in [-0.2, -0.15) is 0 Å². The predicted octanol–water partition coefficient (Wildman–Crippen LogP) is 3.93. The third-order valence-corrected chi connectivity index (χ3v) is 4.85. The van der Waals surface area contributed by atoms with Gasteiger partial charge < -0.3 is 10.2 Å². The molecule has 0 aliphatic heterocycles. The van der Waals surface area contributed by atoms with E-state index < -0.39 is 0 Å². The van der Waals surface area contributed by atoms with Gasteiger partial charge in [0, 0.05) is 25.2 Å². The molecule has 0 aromatic carbocycles. The summed E-state index contributed by atoms with van der Waals surface area (Å²) in [5.41, 5.74) is 1.17. The van der Waals surface area contributed by atoms with E-state index in [4.69, 9.17) is 4.98 Å². The second kappa shape index (κ2) is 7.10. The maximum absolute atomic E-state index is 4.70. The van der Waals surface area contributed by atoms with E-state index in [1.165, 1.54) is 37.7 Å². The maximum Gasteiger partial charge on any atom is 0.137 e. The lowest BCUT2D eigenvalue weighted by atomic mass is 9.84. The first-order valence-electron chi connectivity index (χ1n) is 8.38. The second-order valence-electron chi connectivity index (χ2n) is 6.29. The van der Waals surface area contributed by atoms with Gasteiger partial charge in [0.15, 0.2) is 0 Å². The van der Waals surface area contributed by atoms with E-state index in [0.29, 0.717) is 6.04 Å². The molecule has 0 unspecified atom stereocenters. The summed E-state index contributed by atoms with van der Waals surface area (Å²) in [6, 6.07) is 0.621. The van der Waals surface area contributed by atoms with Gasteiger partial charge in [0.2, 0.25) is 0 Å². The molecule has 4 heteroatoms. The lowest BCUT2D eigenvalue weighted by molar-refractivity contribution is 0.312. The van der Waals surface area contributed by atoms with E-state index in [1.807, 2.05) is 6.92 Å². The van der Waals surface area contributed by atoms with Crippen molar-refractivity contribution in [2.45, 2.75) is 65.8 Å². The van der Waals surface area contributed by atoms with Crippen molar-refractivity contribution in [1.29, 1.82) is 0 Å². The number of nitrogens with zero attached hydrogens (tertiary/aromatic N) is 3. The second-order valence-corrected chi connectivity index (χ2v) is 6.29. The summed E-state index contributed by atoms with van der Waals surface area (Å²) in [6.07, 6.45) is 6.61. The number of aromatic nitrogens is 2. The number of anilines is 2.